The Hall–Kier alpha value is -3.64. The summed E-state index contributed by atoms with van der Waals surface area (Å²) < 4.78 is 0. The summed E-state index contributed by atoms with van der Waals surface area (Å²) in [4.78, 5) is 0. The van der Waals surface area contributed by atoms with Gasteiger partial charge < -0.3 is 0 Å². The first kappa shape index (κ1) is 14.4. The SMILES string of the molecule is c1ccc2c(c1)cc1c3cccc4cccc(c5cc6ccccc6c2c15)c43. The van der Waals surface area contributed by atoms with E-state index in [0.717, 1.165) is 0 Å². The van der Waals surface area contributed by atoms with Crippen LogP contribution in [-0.2, 0) is 0 Å². The summed E-state index contributed by atoms with van der Waals surface area (Å²) >= 11 is 0. The van der Waals surface area contributed by atoms with Gasteiger partial charge in [-0.05, 0) is 76.8 Å². The number of fused-ring (bicyclic) bond motifs is 6. The van der Waals surface area contributed by atoms with Gasteiger partial charge in [-0.15, -0.1) is 0 Å². The first-order chi connectivity index (χ1) is 13.9. The summed E-state index contributed by atoms with van der Waals surface area (Å²) in [5, 5.41) is 16.2. The second kappa shape index (κ2) is 4.99. The van der Waals surface area contributed by atoms with Crippen LogP contribution in [0.5, 0.6) is 0 Å². The Bertz CT molecular complexity index is 1580. The van der Waals surface area contributed by atoms with E-state index in [1.807, 2.05) is 0 Å². The quantitative estimate of drug-likeness (QED) is 0.191. The molecule has 0 amide bonds. The smallest absolute Gasteiger partial charge is 0.00134 e. The van der Waals surface area contributed by atoms with Gasteiger partial charge in [-0.3, -0.25) is 0 Å². The predicted octanol–water partition coefficient (Wildman–Crippen LogP) is 8.04. The van der Waals surface area contributed by atoms with Gasteiger partial charge in [-0.1, -0.05) is 84.9 Å². The number of rotatable bonds is 0. The van der Waals surface area contributed by atoms with Gasteiger partial charge in [-0.2, -0.15) is 0 Å². The summed E-state index contributed by atoms with van der Waals surface area (Å²) in [6.45, 7) is 0. The molecule has 0 heteroatoms. The van der Waals surface area contributed by atoms with E-state index >= 15 is 0 Å². The molecule has 0 radical (unpaired) electrons. The first-order valence-electron chi connectivity index (χ1n) is 9.80. The van der Waals surface area contributed by atoms with Gasteiger partial charge in [0.25, 0.3) is 0 Å². The van der Waals surface area contributed by atoms with Crippen LogP contribution in [0.15, 0.2) is 97.1 Å². The van der Waals surface area contributed by atoms with Gasteiger partial charge in [0.15, 0.2) is 0 Å². The Morgan fingerprint density at radius 2 is 0.714 bits per heavy atom. The Morgan fingerprint density at radius 3 is 1.29 bits per heavy atom. The van der Waals surface area contributed by atoms with Crippen molar-refractivity contribution in [2.45, 2.75) is 0 Å². The molecule has 0 heterocycles. The number of benzene rings is 7. The summed E-state index contributed by atoms with van der Waals surface area (Å²) in [6, 6.07) is 35.8. The Labute approximate surface area is 162 Å². The zero-order valence-electron chi connectivity index (χ0n) is 15.2. The molecule has 0 fully saturated rings. The van der Waals surface area contributed by atoms with Gasteiger partial charge in [0.2, 0.25) is 0 Å². The Balaban J connectivity index is 1.99. The van der Waals surface area contributed by atoms with Crippen LogP contribution >= 0.6 is 0 Å². The zero-order valence-corrected chi connectivity index (χ0v) is 15.2. The maximum Gasteiger partial charge on any atom is -0.00134 e. The molecule has 0 unspecified atom stereocenters. The standard InChI is InChI=1S/C28H16/c1-3-11-20-18(7-1)15-24-22-13-5-9-17-10-6-14-23(26(17)22)25-16-19-8-2-4-12-21(19)27(20)28(24)25/h1-16H. The molecular formula is C28H16. The highest BCUT2D eigenvalue weighted by Crippen LogP contribution is 2.45. The second-order valence-electron chi connectivity index (χ2n) is 7.75. The maximum absolute atomic E-state index is 2.39. The van der Waals surface area contributed by atoms with E-state index in [2.05, 4.69) is 97.1 Å². The van der Waals surface area contributed by atoms with Crippen LogP contribution in [0.1, 0.15) is 0 Å². The molecule has 28 heavy (non-hydrogen) atoms. The fraction of sp³-hybridized carbons (Fsp3) is 0. The van der Waals surface area contributed by atoms with E-state index in [4.69, 9.17) is 0 Å². The lowest BCUT2D eigenvalue weighted by Gasteiger charge is -2.17. The number of hydrogen-bond donors (Lipinski definition) is 0. The molecule has 128 valence electrons. The molecule has 0 spiro atoms. The Morgan fingerprint density at radius 1 is 0.286 bits per heavy atom. The van der Waals surface area contributed by atoms with Crippen molar-refractivity contribution in [3.63, 3.8) is 0 Å². The van der Waals surface area contributed by atoms with Crippen LogP contribution < -0.4 is 0 Å². The summed E-state index contributed by atoms with van der Waals surface area (Å²) in [5.41, 5.74) is 0. The zero-order chi connectivity index (χ0) is 18.2. The average Bonchev–Trinajstić information content (AvgIpc) is 2.76. The van der Waals surface area contributed by atoms with Gasteiger partial charge in [0.1, 0.15) is 0 Å². The summed E-state index contributed by atoms with van der Waals surface area (Å²) in [7, 11) is 0. The molecule has 0 aromatic heterocycles. The third-order valence-electron chi connectivity index (χ3n) is 6.33. The molecular weight excluding hydrogens is 336 g/mol. The van der Waals surface area contributed by atoms with Crippen molar-refractivity contribution in [1.82, 2.24) is 0 Å². The summed E-state index contributed by atoms with van der Waals surface area (Å²) in [6.07, 6.45) is 0. The van der Waals surface area contributed by atoms with Gasteiger partial charge in [-0.25, -0.2) is 0 Å². The van der Waals surface area contributed by atoms with E-state index in [9.17, 15) is 0 Å². The normalized spacial score (nSPS) is 12.3. The lowest BCUT2D eigenvalue weighted by atomic mass is 9.85. The van der Waals surface area contributed by atoms with Crippen molar-refractivity contribution >= 4 is 64.6 Å². The average molecular weight is 352 g/mol. The van der Waals surface area contributed by atoms with Crippen LogP contribution in [0.3, 0.4) is 0 Å². The highest BCUT2D eigenvalue weighted by Gasteiger charge is 2.16. The van der Waals surface area contributed by atoms with E-state index in [1.54, 1.807) is 0 Å². The van der Waals surface area contributed by atoms with E-state index < -0.39 is 0 Å². The predicted molar refractivity (Wildman–Crippen MR) is 123 cm³/mol. The van der Waals surface area contributed by atoms with E-state index in [1.165, 1.54) is 64.6 Å². The molecule has 0 atom stereocenters. The van der Waals surface area contributed by atoms with Gasteiger partial charge in [0, 0.05) is 0 Å². The van der Waals surface area contributed by atoms with Crippen molar-refractivity contribution in [2.24, 2.45) is 0 Å². The van der Waals surface area contributed by atoms with Crippen LogP contribution in [0.4, 0.5) is 0 Å². The molecule has 0 aliphatic carbocycles. The topological polar surface area (TPSA) is 0 Å². The van der Waals surface area contributed by atoms with Crippen LogP contribution in [0.2, 0.25) is 0 Å². The molecule has 0 nitrogen and oxygen atoms in total. The molecule has 7 aromatic carbocycles. The lowest BCUT2D eigenvalue weighted by Crippen LogP contribution is -1.89. The van der Waals surface area contributed by atoms with Crippen molar-refractivity contribution in [3.8, 4) is 0 Å². The molecule has 7 rings (SSSR count). The molecule has 7 aromatic rings. The summed E-state index contributed by atoms with van der Waals surface area (Å²) in [5.74, 6) is 0. The van der Waals surface area contributed by atoms with Crippen molar-refractivity contribution in [3.05, 3.63) is 97.1 Å². The third kappa shape index (κ3) is 1.66. The minimum atomic E-state index is 1.31. The van der Waals surface area contributed by atoms with Crippen LogP contribution in [0.25, 0.3) is 64.6 Å². The molecule has 0 bridgehead atoms. The van der Waals surface area contributed by atoms with Gasteiger partial charge >= 0.3 is 0 Å². The largest absolute Gasteiger partial charge is 0.0616 e. The molecule has 0 aliphatic heterocycles. The van der Waals surface area contributed by atoms with Gasteiger partial charge in [0.05, 0.1) is 0 Å². The monoisotopic (exact) mass is 352 g/mol. The minimum absolute atomic E-state index is 1.31. The molecule has 0 N–H and O–H groups in total. The minimum Gasteiger partial charge on any atom is -0.0616 e. The molecule has 0 aliphatic rings. The fourth-order valence-electron chi connectivity index (χ4n) is 5.20. The lowest BCUT2D eigenvalue weighted by molar-refractivity contribution is 1.79. The van der Waals surface area contributed by atoms with Crippen molar-refractivity contribution in [2.75, 3.05) is 0 Å². The van der Waals surface area contributed by atoms with E-state index in [0.29, 0.717) is 0 Å². The Kier molecular flexibility index (Phi) is 2.57. The fourth-order valence-corrected chi connectivity index (χ4v) is 5.20. The maximum atomic E-state index is 2.39. The molecule has 0 saturated heterocycles. The number of hydrogen-bond acceptors (Lipinski definition) is 0. The highest BCUT2D eigenvalue weighted by atomic mass is 14.2. The third-order valence-corrected chi connectivity index (χ3v) is 6.33. The van der Waals surface area contributed by atoms with Crippen molar-refractivity contribution in [1.29, 1.82) is 0 Å². The van der Waals surface area contributed by atoms with E-state index in [-0.39, 0.29) is 0 Å². The first-order valence-corrected chi connectivity index (χ1v) is 9.80. The highest BCUT2D eigenvalue weighted by molar-refractivity contribution is 6.40. The van der Waals surface area contributed by atoms with Crippen LogP contribution in [-0.4, -0.2) is 0 Å². The van der Waals surface area contributed by atoms with Crippen LogP contribution in [0, 0.1) is 0 Å². The second-order valence-corrected chi connectivity index (χ2v) is 7.75. The molecule has 0 saturated carbocycles. The van der Waals surface area contributed by atoms with Crippen molar-refractivity contribution < 1.29 is 0 Å².